The maximum atomic E-state index is 13.1. The number of nitrogens with two attached hydrogens (primary N) is 1. The zero-order valence-corrected chi connectivity index (χ0v) is 9.69. The molecule has 1 aromatic rings. The molecule has 3 N–H and O–H groups in total. The molecule has 0 aliphatic rings. The summed E-state index contributed by atoms with van der Waals surface area (Å²) >= 11 is 0. The van der Waals surface area contributed by atoms with Crippen LogP contribution in [0.2, 0.25) is 0 Å². The largest absolute Gasteiger partial charge is 0.481 e. The number of hydrogen-bond acceptors (Lipinski definition) is 2. The quantitative estimate of drug-likeness (QED) is 0.840. The number of rotatable bonds is 3. The topological polar surface area (TPSA) is 63.3 Å². The number of halogens is 5. The van der Waals surface area contributed by atoms with Crippen LogP contribution >= 0.6 is 12.4 Å². The molecule has 0 aliphatic heterocycles. The first-order valence-corrected chi connectivity index (χ1v) is 4.56. The first-order valence-electron chi connectivity index (χ1n) is 4.56. The Bertz CT molecular complexity index is 436. The van der Waals surface area contributed by atoms with Crippen LogP contribution < -0.4 is 5.73 Å². The van der Waals surface area contributed by atoms with E-state index in [1.54, 1.807) is 0 Å². The van der Waals surface area contributed by atoms with Crippen LogP contribution in [0, 0.1) is 5.82 Å². The van der Waals surface area contributed by atoms with E-state index in [2.05, 4.69) is 0 Å². The standard InChI is InChI=1S/C10H9F4NO2.ClH/c11-7-3-5(8(15)4-9(16)17)1-2-6(7)10(12,13)14;/h1-3,8H,4,15H2,(H,16,17);1H. The Balaban J connectivity index is 0.00000289. The Kier molecular flexibility index (Phi) is 5.56. The second-order valence-electron chi connectivity index (χ2n) is 3.44. The molecule has 0 spiro atoms. The molecule has 0 saturated heterocycles. The fourth-order valence-corrected chi connectivity index (χ4v) is 1.30. The van der Waals surface area contributed by atoms with Crippen molar-refractivity contribution in [3.63, 3.8) is 0 Å². The predicted octanol–water partition coefficient (Wildman–Crippen LogP) is 2.74. The van der Waals surface area contributed by atoms with Gasteiger partial charge in [-0.15, -0.1) is 12.4 Å². The summed E-state index contributed by atoms with van der Waals surface area (Å²) in [6.07, 6.45) is -5.26. The van der Waals surface area contributed by atoms with Crippen molar-refractivity contribution in [1.29, 1.82) is 0 Å². The Morgan fingerprint density at radius 2 is 1.94 bits per heavy atom. The summed E-state index contributed by atoms with van der Waals surface area (Å²) in [6.45, 7) is 0. The molecule has 0 fully saturated rings. The van der Waals surface area contributed by atoms with Crippen molar-refractivity contribution >= 4 is 18.4 Å². The molecule has 0 radical (unpaired) electrons. The van der Waals surface area contributed by atoms with Gasteiger partial charge in [0.2, 0.25) is 0 Å². The molecule has 1 atom stereocenters. The summed E-state index contributed by atoms with van der Waals surface area (Å²) in [5.41, 5.74) is 4.01. The normalized spacial score (nSPS) is 12.7. The second-order valence-corrected chi connectivity index (χ2v) is 3.44. The molecule has 102 valence electrons. The van der Waals surface area contributed by atoms with E-state index in [9.17, 15) is 22.4 Å². The minimum Gasteiger partial charge on any atom is -0.481 e. The molecule has 0 saturated carbocycles. The monoisotopic (exact) mass is 287 g/mol. The van der Waals surface area contributed by atoms with Crippen molar-refractivity contribution in [2.24, 2.45) is 5.73 Å². The van der Waals surface area contributed by atoms with Crippen molar-refractivity contribution < 1.29 is 27.5 Å². The highest BCUT2D eigenvalue weighted by Gasteiger charge is 2.34. The van der Waals surface area contributed by atoms with Crippen LogP contribution in [0.4, 0.5) is 17.6 Å². The first kappa shape index (κ1) is 16.7. The smallest absolute Gasteiger partial charge is 0.419 e. The molecule has 8 heteroatoms. The van der Waals surface area contributed by atoms with Gasteiger partial charge in [0.05, 0.1) is 12.0 Å². The van der Waals surface area contributed by atoms with E-state index >= 15 is 0 Å². The van der Waals surface area contributed by atoms with Crippen LogP contribution in [0.3, 0.4) is 0 Å². The predicted molar refractivity (Wildman–Crippen MR) is 57.8 cm³/mol. The summed E-state index contributed by atoms with van der Waals surface area (Å²) in [5.74, 6) is -2.67. The Morgan fingerprint density at radius 3 is 2.33 bits per heavy atom. The Morgan fingerprint density at radius 1 is 1.39 bits per heavy atom. The van der Waals surface area contributed by atoms with Gasteiger partial charge in [0.25, 0.3) is 0 Å². The van der Waals surface area contributed by atoms with Gasteiger partial charge in [-0.05, 0) is 17.7 Å². The fraction of sp³-hybridized carbons (Fsp3) is 0.300. The van der Waals surface area contributed by atoms with E-state index in [1.165, 1.54) is 0 Å². The molecule has 1 aromatic carbocycles. The van der Waals surface area contributed by atoms with Gasteiger partial charge in [0.1, 0.15) is 5.82 Å². The van der Waals surface area contributed by atoms with Crippen LogP contribution in [0.25, 0.3) is 0 Å². The third-order valence-corrected chi connectivity index (χ3v) is 2.12. The van der Waals surface area contributed by atoms with Gasteiger partial charge in [-0.2, -0.15) is 13.2 Å². The van der Waals surface area contributed by atoms with Gasteiger partial charge < -0.3 is 10.8 Å². The van der Waals surface area contributed by atoms with Gasteiger partial charge in [-0.3, -0.25) is 4.79 Å². The molecule has 3 nitrogen and oxygen atoms in total. The molecular weight excluding hydrogens is 278 g/mol. The van der Waals surface area contributed by atoms with Crippen molar-refractivity contribution in [1.82, 2.24) is 0 Å². The van der Waals surface area contributed by atoms with Gasteiger partial charge in [-0.1, -0.05) is 6.07 Å². The number of benzene rings is 1. The lowest BCUT2D eigenvalue weighted by Crippen LogP contribution is -2.16. The lowest BCUT2D eigenvalue weighted by Gasteiger charge is -2.12. The minimum absolute atomic E-state index is 0. The summed E-state index contributed by atoms with van der Waals surface area (Å²) in [7, 11) is 0. The Hall–Kier alpha value is -1.34. The number of hydrogen-bond donors (Lipinski definition) is 2. The van der Waals surface area contributed by atoms with E-state index in [0.717, 1.165) is 6.07 Å². The van der Waals surface area contributed by atoms with Crippen LogP contribution in [0.1, 0.15) is 23.6 Å². The van der Waals surface area contributed by atoms with Gasteiger partial charge in [-0.25, -0.2) is 4.39 Å². The second kappa shape index (κ2) is 6.01. The summed E-state index contributed by atoms with van der Waals surface area (Å²) in [5, 5.41) is 8.44. The number of aliphatic carboxylic acids is 1. The third kappa shape index (κ3) is 4.15. The van der Waals surface area contributed by atoms with E-state index in [1.807, 2.05) is 0 Å². The third-order valence-electron chi connectivity index (χ3n) is 2.12. The highest BCUT2D eigenvalue weighted by molar-refractivity contribution is 5.85. The molecule has 0 aliphatic carbocycles. The van der Waals surface area contributed by atoms with Crippen molar-refractivity contribution in [3.05, 3.63) is 35.1 Å². The molecule has 0 aromatic heterocycles. The highest BCUT2D eigenvalue weighted by Crippen LogP contribution is 2.32. The van der Waals surface area contributed by atoms with Gasteiger partial charge in [0, 0.05) is 6.04 Å². The molecule has 0 bridgehead atoms. The number of carboxylic acids is 1. The fourth-order valence-electron chi connectivity index (χ4n) is 1.30. The Labute approximate surface area is 106 Å². The minimum atomic E-state index is -4.78. The van der Waals surface area contributed by atoms with Gasteiger partial charge >= 0.3 is 12.1 Å². The maximum absolute atomic E-state index is 13.1. The van der Waals surface area contributed by atoms with Crippen molar-refractivity contribution in [2.45, 2.75) is 18.6 Å². The zero-order chi connectivity index (χ0) is 13.2. The molecular formula is C10H10ClF4NO2. The van der Waals surface area contributed by atoms with Crippen LogP contribution in [0.5, 0.6) is 0 Å². The average molecular weight is 288 g/mol. The molecule has 0 heterocycles. The summed E-state index contributed by atoms with van der Waals surface area (Å²) in [4.78, 5) is 10.3. The van der Waals surface area contributed by atoms with Crippen molar-refractivity contribution in [3.8, 4) is 0 Å². The average Bonchev–Trinajstić information content (AvgIpc) is 2.14. The lowest BCUT2D eigenvalue weighted by molar-refractivity contribution is -0.140. The van der Waals surface area contributed by atoms with E-state index in [4.69, 9.17) is 10.8 Å². The number of alkyl halides is 3. The van der Waals surface area contributed by atoms with Gasteiger partial charge in [0.15, 0.2) is 0 Å². The maximum Gasteiger partial charge on any atom is 0.419 e. The molecule has 0 amide bonds. The molecule has 1 rings (SSSR count). The first-order chi connectivity index (χ1) is 7.71. The highest BCUT2D eigenvalue weighted by atomic mass is 35.5. The summed E-state index contributed by atoms with van der Waals surface area (Å²) in [6, 6.07) is 1.09. The summed E-state index contributed by atoms with van der Waals surface area (Å²) < 4.78 is 49.8. The van der Waals surface area contributed by atoms with E-state index in [-0.39, 0.29) is 18.0 Å². The van der Waals surface area contributed by atoms with E-state index in [0.29, 0.717) is 12.1 Å². The lowest BCUT2D eigenvalue weighted by atomic mass is 10.0. The van der Waals surface area contributed by atoms with E-state index < -0.39 is 36.0 Å². The van der Waals surface area contributed by atoms with Crippen molar-refractivity contribution in [2.75, 3.05) is 0 Å². The molecule has 1 unspecified atom stereocenters. The van der Waals surface area contributed by atoms with Crippen LogP contribution in [0.15, 0.2) is 18.2 Å². The number of carbonyl (C=O) groups is 1. The number of carboxylic acid groups (broad SMARTS) is 1. The molecule has 18 heavy (non-hydrogen) atoms. The van der Waals surface area contributed by atoms with Crippen LogP contribution in [-0.4, -0.2) is 11.1 Å². The van der Waals surface area contributed by atoms with Crippen LogP contribution in [-0.2, 0) is 11.0 Å². The zero-order valence-electron chi connectivity index (χ0n) is 8.87. The SMILES string of the molecule is Cl.NC(CC(=O)O)c1ccc(C(F)(F)F)c(F)c1.